The number of alkyl carbamates (subject to hydrolysis) is 1. The number of aliphatic carboxylic acids is 1. The molecule has 0 aliphatic carbocycles. The third kappa shape index (κ3) is 4.80. The van der Waals surface area contributed by atoms with Gasteiger partial charge in [-0.15, -0.1) is 0 Å². The molecule has 0 aromatic heterocycles. The fraction of sp³-hybridized carbons (Fsp3) is 0.769. The molecule has 120 valence electrons. The molecule has 0 radical (unpaired) electrons. The maximum atomic E-state index is 12.2. The van der Waals surface area contributed by atoms with E-state index >= 15 is 0 Å². The van der Waals surface area contributed by atoms with Gasteiger partial charge in [0.2, 0.25) is 0 Å². The summed E-state index contributed by atoms with van der Waals surface area (Å²) in [5, 5.41) is 11.7. The van der Waals surface area contributed by atoms with Gasteiger partial charge in [-0.25, -0.2) is 9.59 Å². The Morgan fingerprint density at radius 3 is 2.43 bits per heavy atom. The van der Waals surface area contributed by atoms with Crippen LogP contribution in [0.25, 0.3) is 0 Å². The number of carbonyl (C=O) groups excluding carboxylic acids is 2. The molecule has 2 unspecified atom stereocenters. The van der Waals surface area contributed by atoms with E-state index in [0.29, 0.717) is 5.75 Å². The summed E-state index contributed by atoms with van der Waals surface area (Å²) >= 11 is 1.12. The van der Waals surface area contributed by atoms with Crippen molar-refractivity contribution in [3.8, 4) is 0 Å². The molecule has 0 spiro atoms. The predicted octanol–water partition coefficient (Wildman–Crippen LogP) is 1.48. The number of carbonyl (C=O) groups is 3. The lowest BCUT2D eigenvalue weighted by atomic mass is 10.0. The van der Waals surface area contributed by atoms with Crippen LogP contribution in [0, 0.1) is 5.92 Å². The highest BCUT2D eigenvalue weighted by molar-refractivity contribution is 7.98. The number of carboxylic acid groups (broad SMARTS) is 1. The van der Waals surface area contributed by atoms with Crippen molar-refractivity contribution in [2.24, 2.45) is 5.92 Å². The first-order valence-corrected chi connectivity index (χ1v) is 7.65. The molecular weight excluding hydrogens is 296 g/mol. The van der Waals surface area contributed by atoms with Crippen molar-refractivity contribution >= 4 is 29.9 Å². The molecule has 0 aromatic rings. The van der Waals surface area contributed by atoms with Crippen molar-refractivity contribution in [2.45, 2.75) is 52.3 Å². The van der Waals surface area contributed by atoms with Crippen molar-refractivity contribution in [2.75, 3.05) is 5.75 Å². The lowest BCUT2D eigenvalue weighted by Crippen LogP contribution is -2.49. The average molecular weight is 318 g/mol. The molecule has 2 amide bonds. The first kappa shape index (κ1) is 17.6. The molecule has 1 aliphatic rings. The molecule has 1 heterocycles. The molecule has 8 heteroatoms. The lowest BCUT2D eigenvalue weighted by molar-refractivity contribution is -0.147. The number of nitrogens with zero attached hydrogens (tertiary/aromatic N) is 1. The molecule has 0 aromatic carbocycles. The van der Waals surface area contributed by atoms with Gasteiger partial charge in [0.1, 0.15) is 17.7 Å². The zero-order valence-corrected chi connectivity index (χ0v) is 13.7. The third-order valence-corrected chi connectivity index (χ3v) is 3.89. The molecule has 2 N–H and O–H groups in total. The molecule has 1 saturated heterocycles. The highest BCUT2D eigenvalue weighted by Crippen LogP contribution is 2.28. The van der Waals surface area contributed by atoms with Crippen LogP contribution in [0.4, 0.5) is 4.79 Å². The first-order chi connectivity index (χ1) is 9.53. The van der Waals surface area contributed by atoms with Crippen molar-refractivity contribution in [1.82, 2.24) is 9.62 Å². The number of amides is 2. The largest absolute Gasteiger partial charge is 0.480 e. The zero-order valence-electron chi connectivity index (χ0n) is 12.9. The molecule has 1 aliphatic heterocycles. The number of hydrogen-bond acceptors (Lipinski definition) is 5. The van der Waals surface area contributed by atoms with E-state index in [1.54, 1.807) is 34.6 Å². The Balaban J connectivity index is 2.69. The average Bonchev–Trinajstić information content (AvgIpc) is 2.58. The minimum atomic E-state index is -1.05. The van der Waals surface area contributed by atoms with Crippen LogP contribution in [0.5, 0.6) is 0 Å². The number of hydrogen-bond donors (Lipinski definition) is 2. The van der Waals surface area contributed by atoms with Gasteiger partial charge in [0.05, 0.1) is 0 Å². The summed E-state index contributed by atoms with van der Waals surface area (Å²) in [6.07, 6.45) is -0.681. The van der Waals surface area contributed by atoms with Gasteiger partial charge in [-0.3, -0.25) is 9.10 Å². The van der Waals surface area contributed by atoms with Crippen molar-refractivity contribution in [3.05, 3.63) is 0 Å². The minimum Gasteiger partial charge on any atom is -0.480 e. The highest BCUT2D eigenvalue weighted by atomic mass is 32.2. The number of carboxylic acids is 1. The maximum Gasteiger partial charge on any atom is 0.408 e. The van der Waals surface area contributed by atoms with Gasteiger partial charge in [-0.1, -0.05) is 13.8 Å². The Bertz CT molecular complexity index is 433. The van der Waals surface area contributed by atoms with Gasteiger partial charge >= 0.3 is 12.1 Å². The quantitative estimate of drug-likeness (QED) is 0.762. The van der Waals surface area contributed by atoms with Crippen molar-refractivity contribution in [3.63, 3.8) is 0 Å². The molecule has 1 fully saturated rings. The van der Waals surface area contributed by atoms with Gasteiger partial charge < -0.3 is 15.2 Å². The summed E-state index contributed by atoms with van der Waals surface area (Å²) in [5.41, 5.74) is -0.653. The summed E-state index contributed by atoms with van der Waals surface area (Å²) < 4.78 is 6.32. The van der Waals surface area contributed by atoms with Gasteiger partial charge in [0.25, 0.3) is 5.91 Å². The van der Waals surface area contributed by atoms with Crippen LogP contribution in [0.3, 0.4) is 0 Å². The summed E-state index contributed by atoms with van der Waals surface area (Å²) in [7, 11) is 0. The van der Waals surface area contributed by atoms with Crippen molar-refractivity contribution < 1.29 is 24.2 Å². The normalized spacial score (nSPS) is 20.6. The van der Waals surface area contributed by atoms with E-state index in [2.05, 4.69) is 5.32 Å². The van der Waals surface area contributed by atoms with Crippen LogP contribution in [-0.2, 0) is 14.3 Å². The predicted molar refractivity (Wildman–Crippen MR) is 78.7 cm³/mol. The third-order valence-electron chi connectivity index (χ3n) is 2.72. The summed E-state index contributed by atoms with van der Waals surface area (Å²) in [5.74, 6) is -1.39. The first-order valence-electron chi connectivity index (χ1n) is 6.71. The van der Waals surface area contributed by atoms with Gasteiger partial charge in [0, 0.05) is 5.75 Å². The molecular formula is C13H22N2O5S. The smallest absolute Gasteiger partial charge is 0.408 e. The standard InChI is InChI=1S/C13H22N2O5S/c1-7(2)9(11(17)18)15-10(16)8(6-21-15)14-12(19)20-13(3,4)5/h7-9H,6H2,1-5H3,(H,14,19)(H,17,18). The van der Waals surface area contributed by atoms with Crippen LogP contribution in [0.2, 0.25) is 0 Å². The van der Waals surface area contributed by atoms with Crippen LogP contribution >= 0.6 is 11.9 Å². The number of nitrogens with one attached hydrogen (secondary N) is 1. The molecule has 7 nitrogen and oxygen atoms in total. The van der Waals surface area contributed by atoms with E-state index in [9.17, 15) is 19.5 Å². The second-order valence-corrected chi connectivity index (χ2v) is 7.17. The summed E-state index contributed by atoms with van der Waals surface area (Å²) in [6, 6.07) is -1.67. The van der Waals surface area contributed by atoms with E-state index in [1.165, 1.54) is 4.31 Å². The van der Waals surface area contributed by atoms with Gasteiger partial charge in [-0.05, 0) is 38.6 Å². The van der Waals surface area contributed by atoms with Crippen LogP contribution in [-0.4, -0.2) is 50.8 Å². The van der Waals surface area contributed by atoms with E-state index in [1.807, 2.05) is 0 Å². The molecule has 2 atom stereocenters. The van der Waals surface area contributed by atoms with Crippen LogP contribution in [0.1, 0.15) is 34.6 Å². The SMILES string of the molecule is CC(C)C(C(=O)O)N1SCC(NC(=O)OC(C)(C)C)C1=O. The Labute approximate surface area is 128 Å². The Hall–Kier alpha value is -1.44. The fourth-order valence-corrected chi connectivity index (χ4v) is 3.15. The van der Waals surface area contributed by atoms with Crippen LogP contribution < -0.4 is 5.32 Å². The molecule has 1 rings (SSSR count). The van der Waals surface area contributed by atoms with Crippen molar-refractivity contribution in [1.29, 1.82) is 0 Å². The topological polar surface area (TPSA) is 95.9 Å². The number of rotatable bonds is 4. The van der Waals surface area contributed by atoms with Crippen LogP contribution in [0.15, 0.2) is 0 Å². The maximum absolute atomic E-state index is 12.2. The Morgan fingerprint density at radius 2 is 2.00 bits per heavy atom. The van der Waals surface area contributed by atoms with E-state index in [4.69, 9.17) is 4.74 Å². The minimum absolute atomic E-state index is 0.223. The highest BCUT2D eigenvalue weighted by Gasteiger charge is 2.42. The van der Waals surface area contributed by atoms with Gasteiger partial charge in [-0.2, -0.15) is 0 Å². The monoisotopic (exact) mass is 318 g/mol. The molecule has 0 bridgehead atoms. The fourth-order valence-electron chi connectivity index (χ4n) is 1.87. The lowest BCUT2D eigenvalue weighted by Gasteiger charge is -2.26. The van der Waals surface area contributed by atoms with Gasteiger partial charge in [0.15, 0.2) is 0 Å². The summed E-state index contributed by atoms with van der Waals surface area (Å²) in [6.45, 7) is 8.65. The second-order valence-electron chi connectivity index (χ2n) is 6.19. The zero-order chi connectivity index (χ0) is 16.4. The number of ether oxygens (including phenoxy) is 1. The molecule has 0 saturated carbocycles. The Morgan fingerprint density at radius 1 is 1.43 bits per heavy atom. The molecule has 21 heavy (non-hydrogen) atoms. The second kappa shape index (κ2) is 6.55. The van der Waals surface area contributed by atoms with E-state index < -0.39 is 35.7 Å². The summed E-state index contributed by atoms with van der Waals surface area (Å²) in [4.78, 5) is 35.2. The Kier molecular flexibility index (Phi) is 5.49. The van der Waals surface area contributed by atoms with E-state index in [0.717, 1.165) is 11.9 Å². The van der Waals surface area contributed by atoms with E-state index in [-0.39, 0.29) is 5.92 Å².